The largest absolute Gasteiger partial charge is 0.508 e. The van der Waals surface area contributed by atoms with Crippen LogP contribution in [0.15, 0.2) is 48.5 Å². The lowest BCUT2D eigenvalue weighted by Gasteiger charge is -2.07. The molecule has 0 atom stereocenters. The van der Waals surface area contributed by atoms with Gasteiger partial charge in [-0.25, -0.2) is 0 Å². The Hall–Kier alpha value is -2.75. The predicted octanol–water partition coefficient (Wildman–Crippen LogP) is 3.31. The second kappa shape index (κ2) is 6.61. The van der Waals surface area contributed by atoms with Gasteiger partial charge in [-0.3, -0.25) is 4.79 Å². The van der Waals surface area contributed by atoms with Crippen molar-refractivity contribution in [3.05, 3.63) is 59.7 Å². The second-order valence-corrected chi connectivity index (χ2v) is 4.36. The van der Waals surface area contributed by atoms with E-state index in [4.69, 9.17) is 9.47 Å². The minimum absolute atomic E-state index is 0.134. The van der Waals surface area contributed by atoms with Crippen LogP contribution in [0.4, 0.5) is 0 Å². The molecule has 0 bridgehead atoms. The maximum absolute atomic E-state index is 12.0. The van der Waals surface area contributed by atoms with Crippen molar-refractivity contribution >= 4 is 11.9 Å². The Morgan fingerprint density at radius 3 is 2.29 bits per heavy atom. The Labute approximate surface area is 123 Å². The summed E-state index contributed by atoms with van der Waals surface area (Å²) >= 11 is 0. The molecular weight excluding hydrogens is 268 g/mol. The van der Waals surface area contributed by atoms with Crippen LogP contribution in [0.5, 0.6) is 17.2 Å². The summed E-state index contributed by atoms with van der Waals surface area (Å²) in [6.45, 7) is 0. The molecule has 0 aromatic heterocycles. The van der Waals surface area contributed by atoms with Gasteiger partial charge in [-0.1, -0.05) is 12.1 Å². The molecule has 0 radical (unpaired) electrons. The van der Waals surface area contributed by atoms with Crippen LogP contribution in [0.25, 0.3) is 6.08 Å². The highest BCUT2D eigenvalue weighted by atomic mass is 16.5. The maximum atomic E-state index is 12.0. The summed E-state index contributed by atoms with van der Waals surface area (Å²) < 4.78 is 10.4. The third kappa shape index (κ3) is 3.63. The first-order chi connectivity index (χ1) is 10.1. The number of hydrogen-bond donors (Lipinski definition) is 1. The molecule has 1 N–H and O–H groups in total. The molecule has 0 spiro atoms. The number of ketones is 1. The van der Waals surface area contributed by atoms with Gasteiger partial charge in [0.2, 0.25) is 0 Å². The Morgan fingerprint density at radius 2 is 1.67 bits per heavy atom. The summed E-state index contributed by atoms with van der Waals surface area (Å²) in [6, 6.07) is 11.5. The van der Waals surface area contributed by atoms with Crippen molar-refractivity contribution in [2.45, 2.75) is 0 Å². The van der Waals surface area contributed by atoms with Crippen molar-refractivity contribution in [1.82, 2.24) is 0 Å². The van der Waals surface area contributed by atoms with Gasteiger partial charge in [0.25, 0.3) is 0 Å². The monoisotopic (exact) mass is 284 g/mol. The highest BCUT2D eigenvalue weighted by molar-refractivity contribution is 6.06. The molecule has 0 fully saturated rings. The zero-order chi connectivity index (χ0) is 15.2. The first-order valence-electron chi connectivity index (χ1n) is 6.37. The average Bonchev–Trinajstić information content (AvgIpc) is 2.52. The second-order valence-electron chi connectivity index (χ2n) is 4.36. The molecule has 21 heavy (non-hydrogen) atoms. The van der Waals surface area contributed by atoms with Gasteiger partial charge in [-0.05, 0) is 48.0 Å². The summed E-state index contributed by atoms with van der Waals surface area (Å²) in [5.41, 5.74) is 1.35. The molecule has 0 saturated heterocycles. The van der Waals surface area contributed by atoms with Gasteiger partial charge in [-0.15, -0.1) is 0 Å². The van der Waals surface area contributed by atoms with Crippen LogP contribution in [-0.4, -0.2) is 25.1 Å². The minimum Gasteiger partial charge on any atom is -0.508 e. The van der Waals surface area contributed by atoms with Crippen LogP contribution < -0.4 is 9.47 Å². The van der Waals surface area contributed by atoms with Gasteiger partial charge in [0, 0.05) is 5.56 Å². The first kappa shape index (κ1) is 14.7. The highest BCUT2D eigenvalue weighted by Crippen LogP contribution is 2.28. The van der Waals surface area contributed by atoms with Crippen molar-refractivity contribution in [1.29, 1.82) is 0 Å². The number of carbonyl (C=O) groups excluding carboxylic acids is 1. The SMILES string of the molecule is COc1ccc(/C=C\C(=O)c2ccc(O)cc2)cc1OC. The lowest BCUT2D eigenvalue weighted by Crippen LogP contribution is -1.93. The Bertz CT molecular complexity index is 657. The van der Waals surface area contributed by atoms with E-state index in [1.807, 2.05) is 6.07 Å². The fourth-order valence-electron chi connectivity index (χ4n) is 1.85. The third-order valence-electron chi connectivity index (χ3n) is 2.99. The Morgan fingerprint density at radius 1 is 1.00 bits per heavy atom. The number of phenolic OH excluding ortho intramolecular Hbond substituents is 1. The number of hydrogen-bond acceptors (Lipinski definition) is 4. The van der Waals surface area contributed by atoms with Crippen molar-refractivity contribution in [3.8, 4) is 17.2 Å². The van der Waals surface area contributed by atoms with Gasteiger partial charge in [0.15, 0.2) is 17.3 Å². The van der Waals surface area contributed by atoms with Crippen LogP contribution in [0.1, 0.15) is 15.9 Å². The fourth-order valence-corrected chi connectivity index (χ4v) is 1.85. The zero-order valence-electron chi connectivity index (χ0n) is 11.9. The van der Waals surface area contributed by atoms with E-state index in [0.717, 1.165) is 5.56 Å². The van der Waals surface area contributed by atoms with E-state index in [-0.39, 0.29) is 11.5 Å². The van der Waals surface area contributed by atoms with Crippen LogP contribution >= 0.6 is 0 Å². The summed E-state index contributed by atoms with van der Waals surface area (Å²) in [7, 11) is 3.13. The van der Waals surface area contributed by atoms with Gasteiger partial charge in [-0.2, -0.15) is 0 Å². The van der Waals surface area contributed by atoms with Crippen molar-refractivity contribution in [2.24, 2.45) is 0 Å². The summed E-state index contributed by atoms with van der Waals surface area (Å²) in [5.74, 6) is 1.25. The summed E-state index contributed by atoms with van der Waals surface area (Å²) in [4.78, 5) is 12.0. The molecule has 2 aromatic carbocycles. The number of benzene rings is 2. The van der Waals surface area contributed by atoms with Crippen LogP contribution in [0.3, 0.4) is 0 Å². The van der Waals surface area contributed by atoms with Gasteiger partial charge < -0.3 is 14.6 Å². The molecule has 4 heteroatoms. The molecule has 0 amide bonds. The van der Waals surface area contributed by atoms with E-state index in [9.17, 15) is 9.90 Å². The van der Waals surface area contributed by atoms with Crippen LogP contribution in [-0.2, 0) is 0 Å². The number of phenols is 1. The molecule has 0 unspecified atom stereocenters. The number of carbonyl (C=O) groups is 1. The fraction of sp³-hybridized carbons (Fsp3) is 0.118. The number of aromatic hydroxyl groups is 1. The molecule has 4 nitrogen and oxygen atoms in total. The number of ether oxygens (including phenoxy) is 2. The normalized spacial score (nSPS) is 10.6. The summed E-state index contributed by atoms with van der Waals surface area (Å²) in [5, 5.41) is 9.20. The van der Waals surface area contributed by atoms with Gasteiger partial charge in [0.05, 0.1) is 14.2 Å². The standard InChI is InChI=1S/C17H16O4/c1-20-16-10-4-12(11-17(16)21-2)3-9-15(19)13-5-7-14(18)8-6-13/h3-11,18H,1-2H3/b9-3-. The lowest BCUT2D eigenvalue weighted by atomic mass is 10.1. The molecule has 0 aliphatic carbocycles. The molecule has 108 valence electrons. The van der Waals surface area contributed by atoms with Crippen molar-refractivity contribution in [3.63, 3.8) is 0 Å². The smallest absolute Gasteiger partial charge is 0.185 e. The molecule has 0 aliphatic heterocycles. The number of methoxy groups -OCH3 is 2. The Kier molecular flexibility index (Phi) is 4.61. The third-order valence-corrected chi connectivity index (χ3v) is 2.99. The first-order valence-corrected chi connectivity index (χ1v) is 6.37. The number of allylic oxidation sites excluding steroid dienone is 1. The topological polar surface area (TPSA) is 55.8 Å². The molecule has 0 saturated carbocycles. The van der Waals surface area contributed by atoms with E-state index in [1.165, 1.54) is 18.2 Å². The van der Waals surface area contributed by atoms with E-state index in [2.05, 4.69) is 0 Å². The minimum atomic E-state index is -0.134. The molecule has 0 aliphatic rings. The highest BCUT2D eigenvalue weighted by Gasteiger charge is 2.04. The van der Waals surface area contributed by atoms with Gasteiger partial charge >= 0.3 is 0 Å². The Balaban J connectivity index is 2.17. The van der Waals surface area contributed by atoms with E-state index in [0.29, 0.717) is 17.1 Å². The van der Waals surface area contributed by atoms with Crippen molar-refractivity contribution in [2.75, 3.05) is 14.2 Å². The number of rotatable bonds is 5. The summed E-state index contributed by atoms with van der Waals surface area (Å²) in [6.07, 6.45) is 3.19. The quantitative estimate of drug-likeness (QED) is 0.676. The molecular formula is C17H16O4. The van der Waals surface area contributed by atoms with E-state index in [1.54, 1.807) is 44.6 Å². The average molecular weight is 284 g/mol. The van der Waals surface area contributed by atoms with E-state index < -0.39 is 0 Å². The molecule has 2 rings (SSSR count). The van der Waals surface area contributed by atoms with Gasteiger partial charge in [0.1, 0.15) is 5.75 Å². The zero-order valence-corrected chi connectivity index (χ0v) is 11.9. The van der Waals surface area contributed by atoms with Crippen LogP contribution in [0.2, 0.25) is 0 Å². The molecule has 2 aromatic rings. The van der Waals surface area contributed by atoms with Crippen LogP contribution in [0, 0.1) is 0 Å². The lowest BCUT2D eigenvalue weighted by molar-refractivity contribution is 0.104. The van der Waals surface area contributed by atoms with Crippen molar-refractivity contribution < 1.29 is 19.4 Å². The predicted molar refractivity (Wildman–Crippen MR) is 81.0 cm³/mol. The molecule has 0 heterocycles. The maximum Gasteiger partial charge on any atom is 0.185 e. The van der Waals surface area contributed by atoms with E-state index >= 15 is 0 Å².